The fraction of sp³-hybridized carbons (Fsp3) is 0.571. The molecule has 20 heavy (non-hydrogen) atoms. The molecule has 0 aliphatic carbocycles. The van der Waals surface area contributed by atoms with Crippen molar-refractivity contribution in [3.63, 3.8) is 0 Å². The minimum absolute atomic E-state index is 0.291. The molecule has 2 N–H and O–H groups in total. The van der Waals surface area contributed by atoms with E-state index in [0.717, 1.165) is 35.6 Å². The molecule has 2 aromatic rings. The molecule has 0 amide bonds. The fourth-order valence-corrected chi connectivity index (χ4v) is 3.56. The first-order chi connectivity index (χ1) is 9.63. The van der Waals surface area contributed by atoms with Crippen LogP contribution in [0.4, 0.5) is 11.8 Å². The number of aromatic nitrogens is 2. The highest BCUT2D eigenvalue weighted by molar-refractivity contribution is 7.18. The van der Waals surface area contributed by atoms with E-state index in [2.05, 4.69) is 27.9 Å². The van der Waals surface area contributed by atoms with Crippen molar-refractivity contribution in [1.29, 1.82) is 0 Å². The Morgan fingerprint density at radius 2 is 2.30 bits per heavy atom. The standard InChI is InChI=1S/C14H20N4OS/c1-9-7-11-12(16-14(15)17-13(11)20-9)18(2)8-10-5-3-4-6-19-10/h7,10H,3-6,8H2,1-2H3,(H2,15,16,17). The zero-order valence-electron chi connectivity index (χ0n) is 11.9. The molecular formula is C14H20N4OS. The normalized spacial score (nSPS) is 19.4. The largest absolute Gasteiger partial charge is 0.376 e. The summed E-state index contributed by atoms with van der Waals surface area (Å²) in [5.74, 6) is 1.25. The molecule has 1 fully saturated rings. The second kappa shape index (κ2) is 5.54. The summed E-state index contributed by atoms with van der Waals surface area (Å²) in [6, 6.07) is 2.13. The summed E-state index contributed by atoms with van der Waals surface area (Å²) in [6.07, 6.45) is 3.84. The van der Waals surface area contributed by atoms with Gasteiger partial charge in [0, 0.05) is 25.1 Å². The smallest absolute Gasteiger partial charge is 0.223 e. The van der Waals surface area contributed by atoms with Gasteiger partial charge in [-0.3, -0.25) is 0 Å². The van der Waals surface area contributed by atoms with Gasteiger partial charge in [-0.25, -0.2) is 4.98 Å². The molecule has 0 bridgehead atoms. The van der Waals surface area contributed by atoms with Crippen LogP contribution in [0.15, 0.2) is 6.07 Å². The summed E-state index contributed by atoms with van der Waals surface area (Å²) < 4.78 is 5.80. The quantitative estimate of drug-likeness (QED) is 0.942. The van der Waals surface area contributed by atoms with E-state index in [9.17, 15) is 0 Å². The molecule has 0 spiro atoms. The molecule has 0 aromatic carbocycles. The van der Waals surface area contributed by atoms with Gasteiger partial charge >= 0.3 is 0 Å². The summed E-state index contributed by atoms with van der Waals surface area (Å²) in [5.41, 5.74) is 5.83. The number of thiophene rings is 1. The Bertz CT molecular complexity index is 606. The lowest BCUT2D eigenvalue weighted by Gasteiger charge is -2.28. The van der Waals surface area contributed by atoms with Crippen molar-refractivity contribution in [3.8, 4) is 0 Å². The summed E-state index contributed by atoms with van der Waals surface area (Å²) in [6.45, 7) is 3.80. The number of aryl methyl sites for hydroxylation is 1. The van der Waals surface area contributed by atoms with Crippen molar-refractivity contribution in [2.24, 2.45) is 0 Å². The molecule has 1 aliphatic rings. The molecule has 1 saturated heterocycles. The zero-order chi connectivity index (χ0) is 14.1. The second-order valence-corrected chi connectivity index (χ2v) is 6.59. The van der Waals surface area contributed by atoms with E-state index in [1.807, 2.05) is 7.05 Å². The Hall–Kier alpha value is -1.40. The van der Waals surface area contributed by atoms with Crippen LogP contribution in [0.2, 0.25) is 0 Å². The van der Waals surface area contributed by atoms with Crippen LogP contribution in [0.25, 0.3) is 10.2 Å². The minimum atomic E-state index is 0.291. The van der Waals surface area contributed by atoms with Crippen LogP contribution in [0.1, 0.15) is 24.1 Å². The first kappa shape index (κ1) is 13.6. The molecule has 6 heteroatoms. The highest BCUT2D eigenvalue weighted by atomic mass is 32.1. The van der Waals surface area contributed by atoms with Gasteiger partial charge in [0.25, 0.3) is 0 Å². The van der Waals surface area contributed by atoms with E-state index in [-0.39, 0.29) is 0 Å². The maximum absolute atomic E-state index is 5.83. The van der Waals surface area contributed by atoms with Crippen LogP contribution < -0.4 is 10.6 Å². The van der Waals surface area contributed by atoms with Gasteiger partial charge < -0.3 is 15.4 Å². The second-order valence-electron chi connectivity index (χ2n) is 5.35. The van der Waals surface area contributed by atoms with Crippen molar-refractivity contribution in [2.75, 3.05) is 30.8 Å². The summed E-state index contributed by atoms with van der Waals surface area (Å²) >= 11 is 1.65. The average Bonchev–Trinajstić information content (AvgIpc) is 2.78. The Morgan fingerprint density at radius 3 is 3.05 bits per heavy atom. The van der Waals surface area contributed by atoms with Crippen LogP contribution in [0.3, 0.4) is 0 Å². The molecule has 1 unspecified atom stereocenters. The summed E-state index contributed by atoms with van der Waals surface area (Å²) in [7, 11) is 2.05. The third kappa shape index (κ3) is 2.71. The third-order valence-corrected chi connectivity index (χ3v) is 4.57. The molecule has 108 valence electrons. The van der Waals surface area contributed by atoms with E-state index < -0.39 is 0 Å². The third-order valence-electron chi connectivity index (χ3n) is 3.63. The number of anilines is 2. The van der Waals surface area contributed by atoms with Crippen molar-refractivity contribution in [3.05, 3.63) is 10.9 Å². The molecule has 1 aliphatic heterocycles. The minimum Gasteiger partial charge on any atom is -0.376 e. The number of nitrogens with zero attached hydrogens (tertiary/aromatic N) is 3. The van der Waals surface area contributed by atoms with Gasteiger partial charge in [0.05, 0.1) is 11.5 Å². The number of rotatable bonds is 3. The van der Waals surface area contributed by atoms with Gasteiger partial charge in [-0.15, -0.1) is 11.3 Å². The maximum atomic E-state index is 5.83. The SMILES string of the molecule is Cc1cc2c(N(C)CC3CCCCO3)nc(N)nc2s1. The monoisotopic (exact) mass is 292 g/mol. The van der Waals surface area contributed by atoms with Gasteiger partial charge in [-0.05, 0) is 32.3 Å². The summed E-state index contributed by atoms with van der Waals surface area (Å²) in [4.78, 5) is 13.1. The van der Waals surface area contributed by atoms with E-state index >= 15 is 0 Å². The summed E-state index contributed by atoms with van der Waals surface area (Å²) in [5, 5.41) is 1.08. The number of nitrogens with two attached hydrogens (primary N) is 1. The number of likely N-dealkylation sites (N-methyl/N-ethyl adjacent to an activating group) is 1. The van der Waals surface area contributed by atoms with Crippen LogP contribution in [-0.4, -0.2) is 36.3 Å². The Morgan fingerprint density at radius 1 is 1.45 bits per heavy atom. The molecule has 5 nitrogen and oxygen atoms in total. The Labute approximate surface area is 122 Å². The van der Waals surface area contributed by atoms with Crippen LogP contribution >= 0.6 is 11.3 Å². The number of fused-ring (bicyclic) bond motifs is 1. The lowest BCUT2D eigenvalue weighted by molar-refractivity contribution is 0.0215. The molecule has 0 radical (unpaired) electrons. The van der Waals surface area contributed by atoms with Crippen LogP contribution in [0.5, 0.6) is 0 Å². The van der Waals surface area contributed by atoms with E-state index in [4.69, 9.17) is 10.5 Å². The lowest BCUT2D eigenvalue weighted by atomic mass is 10.1. The number of hydrogen-bond donors (Lipinski definition) is 1. The van der Waals surface area contributed by atoms with Gasteiger partial charge in [0.1, 0.15) is 10.6 Å². The van der Waals surface area contributed by atoms with E-state index in [1.54, 1.807) is 11.3 Å². The molecule has 2 aromatic heterocycles. The van der Waals surface area contributed by atoms with E-state index in [1.165, 1.54) is 17.7 Å². The van der Waals surface area contributed by atoms with Crippen molar-refractivity contribution >= 4 is 33.3 Å². The van der Waals surface area contributed by atoms with Crippen LogP contribution in [0, 0.1) is 6.92 Å². The molecule has 3 heterocycles. The average molecular weight is 292 g/mol. The predicted molar refractivity (Wildman–Crippen MR) is 83.4 cm³/mol. The van der Waals surface area contributed by atoms with Crippen molar-refractivity contribution in [1.82, 2.24) is 9.97 Å². The Balaban J connectivity index is 1.87. The molecule has 3 rings (SSSR count). The van der Waals surface area contributed by atoms with E-state index in [0.29, 0.717) is 12.1 Å². The topological polar surface area (TPSA) is 64.3 Å². The molecule has 1 atom stereocenters. The van der Waals surface area contributed by atoms with Gasteiger partial charge in [-0.1, -0.05) is 0 Å². The van der Waals surface area contributed by atoms with Gasteiger partial charge in [0.15, 0.2) is 0 Å². The first-order valence-corrected chi connectivity index (χ1v) is 7.81. The lowest BCUT2D eigenvalue weighted by Crippen LogP contribution is -2.34. The molecule has 0 saturated carbocycles. The fourth-order valence-electron chi connectivity index (χ4n) is 2.68. The highest BCUT2D eigenvalue weighted by Crippen LogP contribution is 2.31. The highest BCUT2D eigenvalue weighted by Gasteiger charge is 2.19. The number of ether oxygens (including phenoxy) is 1. The number of nitrogen functional groups attached to an aromatic ring is 1. The van der Waals surface area contributed by atoms with Gasteiger partial charge in [-0.2, -0.15) is 4.98 Å². The number of hydrogen-bond acceptors (Lipinski definition) is 6. The Kier molecular flexibility index (Phi) is 3.76. The van der Waals surface area contributed by atoms with Crippen molar-refractivity contribution < 1.29 is 4.74 Å². The molecular weight excluding hydrogens is 272 g/mol. The van der Waals surface area contributed by atoms with Crippen LogP contribution in [-0.2, 0) is 4.74 Å². The van der Waals surface area contributed by atoms with Gasteiger partial charge in [0.2, 0.25) is 5.95 Å². The first-order valence-electron chi connectivity index (χ1n) is 7.00. The predicted octanol–water partition coefficient (Wildman–Crippen LogP) is 2.59. The zero-order valence-corrected chi connectivity index (χ0v) is 12.7. The maximum Gasteiger partial charge on any atom is 0.223 e. The van der Waals surface area contributed by atoms with Crippen molar-refractivity contribution in [2.45, 2.75) is 32.3 Å².